The van der Waals surface area contributed by atoms with Crippen LogP contribution < -0.4 is 10.6 Å². The molecule has 0 unspecified atom stereocenters. The molecule has 0 saturated carbocycles. The number of benzene rings is 3. The van der Waals surface area contributed by atoms with Gasteiger partial charge in [-0.1, -0.05) is 42.5 Å². The number of hydrogen-bond acceptors (Lipinski definition) is 4. The molecule has 1 amide bonds. The molecule has 6 heteroatoms. The molecule has 3 aromatic rings. The fraction of sp³-hybridized carbons (Fsp3) is 0.0909. The zero-order chi connectivity index (χ0) is 19.9. The van der Waals surface area contributed by atoms with Gasteiger partial charge in [0.15, 0.2) is 6.10 Å². The third kappa shape index (κ3) is 4.73. The number of halogens is 1. The standard InChI is InChI=1S/C22H19FN2O3/c1-15(21(26)25-20-14-8-6-12-18(20)23)28-22(27)17-11-5-7-13-19(17)24-16-9-3-2-4-10-16/h2-15,24H,1H3,(H,25,26)/t15-/m1/s1. The number of esters is 1. The molecule has 0 bridgehead atoms. The van der Waals surface area contributed by atoms with Crippen molar-refractivity contribution in [2.75, 3.05) is 10.6 Å². The number of rotatable bonds is 6. The maximum absolute atomic E-state index is 13.7. The maximum atomic E-state index is 13.7. The Balaban J connectivity index is 1.69. The summed E-state index contributed by atoms with van der Waals surface area (Å²) in [6.07, 6.45) is -1.10. The first-order valence-electron chi connectivity index (χ1n) is 8.72. The SMILES string of the molecule is C[C@@H](OC(=O)c1ccccc1Nc1ccccc1)C(=O)Nc1ccccc1F. The summed E-state index contributed by atoms with van der Waals surface area (Å²) >= 11 is 0. The van der Waals surface area contributed by atoms with E-state index < -0.39 is 23.8 Å². The lowest BCUT2D eigenvalue weighted by molar-refractivity contribution is -0.123. The van der Waals surface area contributed by atoms with Gasteiger partial charge in [0.1, 0.15) is 5.82 Å². The smallest absolute Gasteiger partial charge is 0.341 e. The highest BCUT2D eigenvalue weighted by atomic mass is 19.1. The van der Waals surface area contributed by atoms with Crippen LogP contribution >= 0.6 is 0 Å². The van der Waals surface area contributed by atoms with Crippen LogP contribution in [0.4, 0.5) is 21.5 Å². The number of para-hydroxylation sites is 3. The molecule has 0 spiro atoms. The summed E-state index contributed by atoms with van der Waals surface area (Å²) < 4.78 is 18.9. The third-order valence-electron chi connectivity index (χ3n) is 3.98. The van der Waals surface area contributed by atoms with Crippen molar-refractivity contribution in [1.82, 2.24) is 0 Å². The number of nitrogens with one attached hydrogen (secondary N) is 2. The van der Waals surface area contributed by atoms with Crippen molar-refractivity contribution in [1.29, 1.82) is 0 Å². The van der Waals surface area contributed by atoms with Crippen molar-refractivity contribution < 1.29 is 18.7 Å². The molecule has 1 atom stereocenters. The van der Waals surface area contributed by atoms with Gasteiger partial charge in [-0.15, -0.1) is 0 Å². The Morgan fingerprint density at radius 3 is 2.18 bits per heavy atom. The summed E-state index contributed by atoms with van der Waals surface area (Å²) in [5, 5.41) is 5.57. The molecule has 0 aliphatic heterocycles. The van der Waals surface area contributed by atoms with Crippen molar-refractivity contribution in [3.8, 4) is 0 Å². The first-order chi connectivity index (χ1) is 13.5. The van der Waals surface area contributed by atoms with Crippen LogP contribution in [0.5, 0.6) is 0 Å². The van der Waals surface area contributed by atoms with Gasteiger partial charge in [0.05, 0.1) is 16.9 Å². The van der Waals surface area contributed by atoms with E-state index >= 15 is 0 Å². The highest BCUT2D eigenvalue weighted by molar-refractivity contribution is 6.00. The van der Waals surface area contributed by atoms with Gasteiger partial charge in [-0.05, 0) is 43.3 Å². The quantitative estimate of drug-likeness (QED) is 0.607. The number of carbonyl (C=O) groups excluding carboxylic acids is 2. The Hall–Kier alpha value is -3.67. The van der Waals surface area contributed by atoms with E-state index in [-0.39, 0.29) is 11.3 Å². The summed E-state index contributed by atoms with van der Waals surface area (Å²) in [5.41, 5.74) is 1.69. The normalized spacial score (nSPS) is 11.4. The van der Waals surface area contributed by atoms with E-state index in [9.17, 15) is 14.0 Å². The number of amides is 1. The second-order valence-electron chi connectivity index (χ2n) is 6.05. The largest absolute Gasteiger partial charge is 0.449 e. The van der Waals surface area contributed by atoms with E-state index in [1.807, 2.05) is 30.3 Å². The third-order valence-corrected chi connectivity index (χ3v) is 3.98. The lowest BCUT2D eigenvalue weighted by Crippen LogP contribution is -2.30. The molecule has 142 valence electrons. The Morgan fingerprint density at radius 1 is 0.857 bits per heavy atom. The minimum atomic E-state index is -1.10. The van der Waals surface area contributed by atoms with Gasteiger partial charge in [0, 0.05) is 5.69 Å². The van der Waals surface area contributed by atoms with Gasteiger partial charge in [-0.3, -0.25) is 4.79 Å². The van der Waals surface area contributed by atoms with Crippen molar-refractivity contribution in [3.63, 3.8) is 0 Å². The zero-order valence-corrected chi connectivity index (χ0v) is 15.2. The predicted molar refractivity (Wildman–Crippen MR) is 106 cm³/mol. The summed E-state index contributed by atoms with van der Waals surface area (Å²) in [4.78, 5) is 24.8. The Kier molecular flexibility index (Phi) is 6.01. The van der Waals surface area contributed by atoms with Gasteiger partial charge < -0.3 is 15.4 Å². The van der Waals surface area contributed by atoms with Gasteiger partial charge in [0.2, 0.25) is 0 Å². The minimum absolute atomic E-state index is 0.0292. The van der Waals surface area contributed by atoms with E-state index in [0.717, 1.165) is 5.69 Å². The second kappa shape index (κ2) is 8.81. The Bertz CT molecular complexity index is 976. The predicted octanol–water partition coefficient (Wildman–Crippen LogP) is 4.75. The van der Waals surface area contributed by atoms with E-state index in [1.165, 1.54) is 25.1 Å². The van der Waals surface area contributed by atoms with Crippen LogP contribution in [0, 0.1) is 5.82 Å². The van der Waals surface area contributed by atoms with Crippen LogP contribution in [0.25, 0.3) is 0 Å². The number of hydrogen-bond donors (Lipinski definition) is 2. The van der Waals surface area contributed by atoms with Crippen LogP contribution in [-0.2, 0) is 9.53 Å². The van der Waals surface area contributed by atoms with Crippen LogP contribution in [-0.4, -0.2) is 18.0 Å². The lowest BCUT2D eigenvalue weighted by Gasteiger charge is -2.16. The fourth-order valence-electron chi connectivity index (χ4n) is 2.52. The van der Waals surface area contributed by atoms with Crippen LogP contribution in [0.15, 0.2) is 78.9 Å². The second-order valence-corrected chi connectivity index (χ2v) is 6.05. The average molecular weight is 378 g/mol. The van der Waals surface area contributed by atoms with Crippen molar-refractivity contribution >= 4 is 28.9 Å². The Labute approximate surface area is 162 Å². The minimum Gasteiger partial charge on any atom is -0.449 e. The molecular weight excluding hydrogens is 359 g/mol. The maximum Gasteiger partial charge on any atom is 0.341 e. The lowest BCUT2D eigenvalue weighted by atomic mass is 10.1. The van der Waals surface area contributed by atoms with E-state index in [2.05, 4.69) is 10.6 Å². The highest BCUT2D eigenvalue weighted by Crippen LogP contribution is 2.22. The topological polar surface area (TPSA) is 67.4 Å². The molecular formula is C22H19FN2O3. The number of anilines is 3. The first-order valence-corrected chi connectivity index (χ1v) is 8.72. The monoisotopic (exact) mass is 378 g/mol. The van der Waals surface area contributed by atoms with Gasteiger partial charge in [-0.2, -0.15) is 0 Å². The van der Waals surface area contributed by atoms with Gasteiger partial charge >= 0.3 is 5.97 Å². The molecule has 0 aliphatic carbocycles. The summed E-state index contributed by atoms with van der Waals surface area (Å²) in [6, 6.07) is 22.0. The molecule has 0 heterocycles. The van der Waals surface area contributed by atoms with Gasteiger partial charge in [0.25, 0.3) is 5.91 Å². The first kappa shape index (κ1) is 19.1. The number of ether oxygens (including phenoxy) is 1. The molecule has 5 nitrogen and oxygen atoms in total. The molecule has 2 N–H and O–H groups in total. The van der Waals surface area contributed by atoms with E-state index in [1.54, 1.807) is 30.3 Å². The summed E-state index contributed by atoms with van der Waals surface area (Å²) in [7, 11) is 0. The fourth-order valence-corrected chi connectivity index (χ4v) is 2.52. The molecule has 0 radical (unpaired) electrons. The molecule has 3 rings (SSSR count). The molecule has 0 aliphatic rings. The van der Waals surface area contributed by atoms with Gasteiger partial charge in [-0.25, -0.2) is 9.18 Å². The van der Waals surface area contributed by atoms with Crippen molar-refractivity contribution in [2.24, 2.45) is 0 Å². The zero-order valence-electron chi connectivity index (χ0n) is 15.2. The van der Waals surface area contributed by atoms with Crippen molar-refractivity contribution in [2.45, 2.75) is 13.0 Å². The molecule has 0 saturated heterocycles. The molecule has 0 aromatic heterocycles. The van der Waals surface area contributed by atoms with Crippen LogP contribution in [0.1, 0.15) is 17.3 Å². The molecule has 3 aromatic carbocycles. The van der Waals surface area contributed by atoms with E-state index in [4.69, 9.17) is 4.74 Å². The van der Waals surface area contributed by atoms with Crippen molar-refractivity contribution in [3.05, 3.63) is 90.2 Å². The van der Waals surface area contributed by atoms with E-state index in [0.29, 0.717) is 5.69 Å². The molecule has 28 heavy (non-hydrogen) atoms. The highest BCUT2D eigenvalue weighted by Gasteiger charge is 2.21. The average Bonchev–Trinajstić information content (AvgIpc) is 2.70. The Morgan fingerprint density at radius 2 is 1.46 bits per heavy atom. The molecule has 0 fully saturated rings. The van der Waals surface area contributed by atoms with Crippen LogP contribution in [0.3, 0.4) is 0 Å². The van der Waals surface area contributed by atoms with Crippen LogP contribution in [0.2, 0.25) is 0 Å². The summed E-state index contributed by atoms with van der Waals surface area (Å²) in [5.74, 6) is -1.84. The summed E-state index contributed by atoms with van der Waals surface area (Å²) in [6.45, 7) is 1.43. The number of carbonyl (C=O) groups is 2.